The molecule has 3 aliphatic heterocycles. The van der Waals surface area contributed by atoms with E-state index in [9.17, 15) is 4.79 Å². The molecule has 1 N–H and O–H groups in total. The number of piperidine rings is 3. The van der Waals surface area contributed by atoms with Crippen LogP contribution in [0.4, 0.5) is 0 Å². The van der Waals surface area contributed by atoms with Gasteiger partial charge in [0.05, 0.1) is 0 Å². The fourth-order valence-corrected chi connectivity index (χ4v) is 3.18. The normalized spacial score (nSPS) is 28.1. The van der Waals surface area contributed by atoms with Gasteiger partial charge < -0.3 is 15.0 Å². The average Bonchev–Trinajstić information content (AvgIpc) is 2.48. The fourth-order valence-electron chi connectivity index (χ4n) is 3.06. The summed E-state index contributed by atoms with van der Waals surface area (Å²) in [7, 11) is 0. The van der Waals surface area contributed by atoms with Gasteiger partial charge in [0.2, 0.25) is 0 Å². The highest BCUT2D eigenvalue weighted by Crippen LogP contribution is 2.27. The summed E-state index contributed by atoms with van der Waals surface area (Å²) in [4.78, 5) is 14.4. The van der Waals surface area contributed by atoms with E-state index >= 15 is 0 Å². The van der Waals surface area contributed by atoms with Crippen LogP contribution in [0.3, 0.4) is 0 Å². The highest BCUT2D eigenvalue weighted by molar-refractivity contribution is 6.30. The van der Waals surface area contributed by atoms with Crippen molar-refractivity contribution in [3.8, 4) is 5.75 Å². The number of ether oxygens (including phenoxy) is 1. The Labute approximate surface area is 124 Å². The molecule has 0 aliphatic carbocycles. The molecule has 0 radical (unpaired) electrons. The molecule has 2 bridgehead atoms. The summed E-state index contributed by atoms with van der Waals surface area (Å²) < 4.78 is 5.46. The first kappa shape index (κ1) is 13.7. The van der Waals surface area contributed by atoms with E-state index in [1.807, 2.05) is 0 Å². The minimum atomic E-state index is -0.0429. The van der Waals surface area contributed by atoms with Crippen LogP contribution in [0.15, 0.2) is 24.3 Å². The predicted molar refractivity (Wildman–Crippen MR) is 78.0 cm³/mol. The summed E-state index contributed by atoms with van der Waals surface area (Å²) >= 11 is 5.80. The molecule has 4 nitrogen and oxygen atoms in total. The molecule has 3 aliphatic rings. The van der Waals surface area contributed by atoms with E-state index in [4.69, 9.17) is 16.3 Å². The van der Waals surface area contributed by atoms with Crippen molar-refractivity contribution in [2.45, 2.75) is 18.9 Å². The van der Waals surface area contributed by atoms with Crippen LogP contribution in [-0.2, 0) is 4.79 Å². The number of carbonyl (C=O) groups excluding carboxylic acids is 1. The number of nitrogens with zero attached hydrogens (tertiary/aromatic N) is 1. The van der Waals surface area contributed by atoms with E-state index in [2.05, 4.69) is 10.2 Å². The van der Waals surface area contributed by atoms with Gasteiger partial charge >= 0.3 is 0 Å². The molecular formula is C15H19ClN2O2. The molecule has 1 atom stereocenters. The van der Waals surface area contributed by atoms with Gasteiger partial charge in [-0.2, -0.15) is 0 Å². The van der Waals surface area contributed by atoms with Gasteiger partial charge in [0.25, 0.3) is 5.91 Å². The summed E-state index contributed by atoms with van der Waals surface area (Å²) in [6.45, 7) is 3.40. The number of halogens is 1. The van der Waals surface area contributed by atoms with Gasteiger partial charge in [-0.3, -0.25) is 4.79 Å². The third kappa shape index (κ3) is 3.25. The lowest BCUT2D eigenvalue weighted by Crippen LogP contribution is -2.57. The lowest BCUT2D eigenvalue weighted by atomic mass is 9.84. The number of amides is 1. The molecule has 3 saturated heterocycles. The van der Waals surface area contributed by atoms with Crippen LogP contribution in [0.2, 0.25) is 5.02 Å². The first-order valence-electron chi connectivity index (χ1n) is 7.11. The Morgan fingerprint density at radius 1 is 1.30 bits per heavy atom. The van der Waals surface area contributed by atoms with Crippen molar-refractivity contribution in [1.29, 1.82) is 0 Å². The molecule has 0 spiro atoms. The van der Waals surface area contributed by atoms with Gasteiger partial charge in [0.1, 0.15) is 5.75 Å². The highest BCUT2D eigenvalue weighted by Gasteiger charge is 2.34. The molecule has 1 aromatic carbocycles. The van der Waals surface area contributed by atoms with E-state index < -0.39 is 0 Å². The second-order valence-electron chi connectivity index (χ2n) is 5.55. The van der Waals surface area contributed by atoms with Gasteiger partial charge in [-0.25, -0.2) is 0 Å². The maximum absolute atomic E-state index is 11.9. The molecule has 1 aromatic rings. The summed E-state index contributed by atoms with van der Waals surface area (Å²) in [5, 5.41) is 3.76. The molecule has 0 unspecified atom stereocenters. The smallest absolute Gasteiger partial charge is 0.258 e. The zero-order chi connectivity index (χ0) is 13.9. The van der Waals surface area contributed by atoms with Crippen molar-refractivity contribution in [3.63, 3.8) is 0 Å². The van der Waals surface area contributed by atoms with E-state index in [1.54, 1.807) is 24.3 Å². The lowest BCUT2D eigenvalue weighted by molar-refractivity contribution is -0.125. The van der Waals surface area contributed by atoms with Gasteiger partial charge in [0, 0.05) is 17.6 Å². The maximum atomic E-state index is 11.9. The molecule has 1 amide bonds. The van der Waals surface area contributed by atoms with Crippen molar-refractivity contribution >= 4 is 17.5 Å². The Morgan fingerprint density at radius 2 is 2.00 bits per heavy atom. The topological polar surface area (TPSA) is 41.6 Å². The van der Waals surface area contributed by atoms with Crippen LogP contribution in [0, 0.1) is 5.92 Å². The minimum Gasteiger partial charge on any atom is -0.484 e. The summed E-state index contributed by atoms with van der Waals surface area (Å²) in [6.07, 6.45) is 2.39. The highest BCUT2D eigenvalue weighted by atomic mass is 35.5. The Bertz CT molecular complexity index is 469. The molecule has 108 valence electrons. The van der Waals surface area contributed by atoms with Crippen LogP contribution in [0.1, 0.15) is 12.8 Å². The predicted octanol–water partition coefficient (Wildman–Crippen LogP) is 1.93. The first-order chi connectivity index (χ1) is 9.70. The fraction of sp³-hybridized carbons (Fsp3) is 0.533. The van der Waals surface area contributed by atoms with Crippen molar-refractivity contribution in [2.75, 3.05) is 26.2 Å². The standard InChI is InChI=1S/C15H19ClN2O2/c16-12-1-3-13(4-2-12)20-10-15(19)17-14-9-18-7-5-11(14)6-8-18/h1-4,11,14H,5-10H2,(H,17,19)/t14-/m0/s1. The van der Waals surface area contributed by atoms with Crippen LogP contribution in [0.25, 0.3) is 0 Å². The quantitative estimate of drug-likeness (QED) is 0.922. The third-order valence-corrected chi connectivity index (χ3v) is 4.44. The van der Waals surface area contributed by atoms with Gasteiger partial charge in [-0.05, 0) is 56.1 Å². The Kier molecular flexibility index (Phi) is 4.13. The first-order valence-corrected chi connectivity index (χ1v) is 7.48. The van der Waals surface area contributed by atoms with Crippen LogP contribution >= 0.6 is 11.6 Å². The molecule has 5 heteroatoms. The van der Waals surface area contributed by atoms with Crippen molar-refractivity contribution < 1.29 is 9.53 Å². The van der Waals surface area contributed by atoms with Crippen LogP contribution < -0.4 is 10.1 Å². The SMILES string of the molecule is O=C(COc1ccc(Cl)cc1)N[C@H]1CN2CCC1CC2. The minimum absolute atomic E-state index is 0.0429. The molecule has 3 heterocycles. The summed E-state index contributed by atoms with van der Waals surface area (Å²) in [6, 6.07) is 7.33. The Hall–Kier alpha value is -1.26. The molecule has 0 saturated carbocycles. The summed E-state index contributed by atoms with van der Waals surface area (Å²) in [5.41, 5.74) is 0. The van der Waals surface area contributed by atoms with Crippen molar-refractivity contribution in [1.82, 2.24) is 10.2 Å². The maximum Gasteiger partial charge on any atom is 0.258 e. The second kappa shape index (κ2) is 6.02. The zero-order valence-electron chi connectivity index (χ0n) is 11.3. The van der Waals surface area contributed by atoms with Crippen LogP contribution in [0.5, 0.6) is 5.75 Å². The molecular weight excluding hydrogens is 276 g/mol. The average molecular weight is 295 g/mol. The zero-order valence-corrected chi connectivity index (χ0v) is 12.1. The van der Waals surface area contributed by atoms with E-state index in [-0.39, 0.29) is 12.5 Å². The van der Waals surface area contributed by atoms with Crippen molar-refractivity contribution in [2.24, 2.45) is 5.92 Å². The lowest BCUT2D eigenvalue weighted by Gasteiger charge is -2.44. The molecule has 20 heavy (non-hydrogen) atoms. The van der Waals surface area contributed by atoms with Gasteiger partial charge in [0.15, 0.2) is 6.61 Å². The summed E-state index contributed by atoms with van der Waals surface area (Å²) in [5.74, 6) is 1.26. The van der Waals surface area contributed by atoms with Gasteiger partial charge in [-0.15, -0.1) is 0 Å². The van der Waals surface area contributed by atoms with E-state index in [1.165, 1.54) is 25.9 Å². The third-order valence-electron chi connectivity index (χ3n) is 4.19. The van der Waals surface area contributed by atoms with Crippen molar-refractivity contribution in [3.05, 3.63) is 29.3 Å². The Morgan fingerprint density at radius 3 is 2.60 bits per heavy atom. The number of hydrogen-bond acceptors (Lipinski definition) is 3. The van der Waals surface area contributed by atoms with E-state index in [0.717, 1.165) is 6.54 Å². The monoisotopic (exact) mass is 294 g/mol. The molecule has 0 aromatic heterocycles. The number of hydrogen-bond donors (Lipinski definition) is 1. The number of rotatable bonds is 4. The Balaban J connectivity index is 1.46. The number of carbonyl (C=O) groups is 1. The number of benzene rings is 1. The number of nitrogens with one attached hydrogen (secondary N) is 1. The van der Waals surface area contributed by atoms with Crippen LogP contribution in [-0.4, -0.2) is 43.1 Å². The molecule has 3 fully saturated rings. The molecule has 4 rings (SSSR count). The number of fused-ring (bicyclic) bond motifs is 3. The van der Waals surface area contributed by atoms with E-state index in [0.29, 0.717) is 22.7 Å². The van der Waals surface area contributed by atoms with Gasteiger partial charge in [-0.1, -0.05) is 11.6 Å². The second-order valence-corrected chi connectivity index (χ2v) is 5.99. The largest absolute Gasteiger partial charge is 0.484 e.